The van der Waals surface area contributed by atoms with Gasteiger partial charge in [0.05, 0.1) is 5.41 Å². The van der Waals surface area contributed by atoms with Gasteiger partial charge in [-0.3, -0.25) is 19.2 Å². The molecule has 33 heavy (non-hydrogen) atoms. The van der Waals surface area contributed by atoms with Crippen LogP contribution >= 0.6 is 0 Å². The third-order valence-electron chi connectivity index (χ3n) is 8.23. The van der Waals surface area contributed by atoms with Crippen molar-refractivity contribution in [1.29, 1.82) is 0 Å². The lowest BCUT2D eigenvalue weighted by Gasteiger charge is -2.60. The molecule has 2 unspecified atom stereocenters. The molecule has 4 aliphatic carbocycles. The SMILES string of the molecule is CC(=O)NC12C[C@H]3C[C@@H](C1)CC(C(=O)O[C@@H](C)C(=O)c1ccc4c(c1)CCN4C(C)=O)(C3)C2. The van der Waals surface area contributed by atoms with Crippen LogP contribution in [0.2, 0.25) is 0 Å². The van der Waals surface area contributed by atoms with E-state index in [0.717, 1.165) is 43.4 Å². The van der Waals surface area contributed by atoms with Gasteiger partial charge in [-0.2, -0.15) is 0 Å². The molecule has 1 N–H and O–H groups in total. The molecule has 6 rings (SSSR count). The third-order valence-corrected chi connectivity index (χ3v) is 8.23. The van der Waals surface area contributed by atoms with Crippen molar-refractivity contribution in [3.63, 3.8) is 0 Å². The average Bonchev–Trinajstić information content (AvgIpc) is 3.14. The van der Waals surface area contributed by atoms with Gasteiger partial charge < -0.3 is 15.0 Å². The number of Topliss-reactive ketones (excluding diaryl/α,β-unsaturated/α-hetero) is 1. The van der Waals surface area contributed by atoms with Gasteiger partial charge in [-0.15, -0.1) is 0 Å². The predicted octanol–water partition coefficient (Wildman–Crippen LogP) is 3.19. The van der Waals surface area contributed by atoms with E-state index in [-0.39, 0.29) is 29.1 Å². The maximum absolute atomic E-state index is 13.4. The molecule has 5 atom stereocenters. The van der Waals surface area contributed by atoms with Gasteiger partial charge in [-0.25, -0.2) is 0 Å². The summed E-state index contributed by atoms with van der Waals surface area (Å²) in [5, 5.41) is 3.16. The van der Waals surface area contributed by atoms with E-state index in [4.69, 9.17) is 4.74 Å². The Hall–Kier alpha value is -2.70. The lowest BCUT2D eigenvalue weighted by Crippen LogP contribution is -2.64. The molecule has 0 spiro atoms. The second kappa shape index (κ2) is 7.67. The second-order valence-electron chi connectivity index (χ2n) is 10.9. The Morgan fingerprint density at radius 1 is 1.09 bits per heavy atom. The lowest BCUT2D eigenvalue weighted by atomic mass is 9.47. The molecule has 7 heteroatoms. The van der Waals surface area contributed by atoms with E-state index in [0.29, 0.717) is 36.8 Å². The fraction of sp³-hybridized carbons (Fsp3) is 0.615. The van der Waals surface area contributed by atoms with Gasteiger partial charge in [0.2, 0.25) is 17.6 Å². The first kappa shape index (κ1) is 22.1. The molecule has 1 aromatic rings. The summed E-state index contributed by atoms with van der Waals surface area (Å²) in [5.41, 5.74) is 1.39. The molecule has 4 fully saturated rings. The zero-order valence-corrected chi connectivity index (χ0v) is 19.6. The molecule has 4 bridgehead atoms. The molecule has 1 heterocycles. The van der Waals surface area contributed by atoms with Crippen LogP contribution in [0.15, 0.2) is 18.2 Å². The van der Waals surface area contributed by atoms with Crippen LogP contribution in [-0.4, -0.2) is 41.8 Å². The molecule has 1 aromatic carbocycles. The highest BCUT2D eigenvalue weighted by Crippen LogP contribution is 2.62. The Balaban J connectivity index is 1.31. The quantitative estimate of drug-likeness (QED) is 0.547. The number of carbonyl (C=O) groups is 4. The number of hydrogen-bond donors (Lipinski definition) is 1. The highest BCUT2D eigenvalue weighted by atomic mass is 16.5. The summed E-state index contributed by atoms with van der Waals surface area (Å²) in [6, 6.07) is 5.34. The van der Waals surface area contributed by atoms with Gasteiger partial charge in [0.1, 0.15) is 0 Å². The van der Waals surface area contributed by atoms with Gasteiger partial charge in [-0.05, 0) is 87.5 Å². The smallest absolute Gasteiger partial charge is 0.312 e. The standard InChI is InChI=1S/C26H32N2O5/c1-15(23(31)21-4-5-22-20(9-21)6-7-28(22)17(3)30)33-24(32)25-10-18-8-19(11-25)13-26(12-18,14-25)27-16(2)29/h4-5,9,15,18-19H,6-8,10-14H2,1-3H3,(H,27,29)/t15-,18-,19+,25?,26?/m0/s1. The second-order valence-corrected chi connectivity index (χ2v) is 10.9. The summed E-state index contributed by atoms with van der Waals surface area (Å²) in [6.07, 6.45) is 4.96. The van der Waals surface area contributed by atoms with Crippen molar-refractivity contribution in [1.82, 2.24) is 5.32 Å². The summed E-state index contributed by atoms with van der Waals surface area (Å²) < 4.78 is 5.81. The number of rotatable bonds is 5. The Morgan fingerprint density at radius 2 is 1.79 bits per heavy atom. The van der Waals surface area contributed by atoms with Crippen LogP contribution in [0.4, 0.5) is 5.69 Å². The highest BCUT2D eigenvalue weighted by molar-refractivity contribution is 6.02. The van der Waals surface area contributed by atoms with Gasteiger partial charge in [-0.1, -0.05) is 0 Å². The number of fused-ring (bicyclic) bond motifs is 1. The monoisotopic (exact) mass is 452 g/mol. The number of esters is 1. The van der Waals surface area contributed by atoms with E-state index >= 15 is 0 Å². The zero-order chi connectivity index (χ0) is 23.5. The lowest BCUT2D eigenvalue weighted by molar-refractivity contribution is -0.178. The topological polar surface area (TPSA) is 92.8 Å². The number of amides is 2. The summed E-state index contributed by atoms with van der Waals surface area (Å²) in [5.74, 6) is 0.242. The largest absolute Gasteiger partial charge is 0.454 e. The summed E-state index contributed by atoms with van der Waals surface area (Å²) in [6.45, 7) is 5.33. The molecule has 4 saturated carbocycles. The van der Waals surface area contributed by atoms with Crippen molar-refractivity contribution in [3.05, 3.63) is 29.3 Å². The Morgan fingerprint density at radius 3 is 2.42 bits per heavy atom. The van der Waals surface area contributed by atoms with E-state index in [1.807, 2.05) is 12.1 Å². The van der Waals surface area contributed by atoms with Crippen LogP contribution in [0.25, 0.3) is 0 Å². The van der Waals surface area contributed by atoms with Crippen LogP contribution in [0.5, 0.6) is 0 Å². The van der Waals surface area contributed by atoms with Gasteiger partial charge in [0, 0.05) is 37.2 Å². The minimum atomic E-state index is -0.884. The van der Waals surface area contributed by atoms with Crippen molar-refractivity contribution in [3.8, 4) is 0 Å². The number of ketones is 1. The number of benzene rings is 1. The number of anilines is 1. The van der Waals surface area contributed by atoms with E-state index in [2.05, 4.69) is 5.32 Å². The van der Waals surface area contributed by atoms with Crippen LogP contribution in [0, 0.1) is 17.3 Å². The fourth-order valence-electron chi connectivity index (χ4n) is 7.48. The van der Waals surface area contributed by atoms with E-state index in [9.17, 15) is 19.2 Å². The predicted molar refractivity (Wildman–Crippen MR) is 122 cm³/mol. The zero-order valence-electron chi connectivity index (χ0n) is 19.6. The Bertz CT molecular complexity index is 1030. The number of hydrogen-bond acceptors (Lipinski definition) is 5. The first-order valence-corrected chi connectivity index (χ1v) is 12.0. The maximum atomic E-state index is 13.4. The molecule has 0 saturated heterocycles. The van der Waals surface area contributed by atoms with Crippen molar-refractivity contribution in [2.45, 2.75) is 77.4 Å². The molecule has 7 nitrogen and oxygen atoms in total. The molecule has 0 radical (unpaired) electrons. The molecular formula is C26H32N2O5. The minimum absolute atomic E-state index is 0.0114. The minimum Gasteiger partial charge on any atom is -0.454 e. The Labute approximate surface area is 194 Å². The van der Waals surface area contributed by atoms with Gasteiger partial charge in [0.25, 0.3) is 0 Å². The number of nitrogens with zero attached hydrogens (tertiary/aromatic N) is 1. The molecule has 1 aliphatic heterocycles. The molecule has 0 aromatic heterocycles. The van der Waals surface area contributed by atoms with Crippen LogP contribution in [0.1, 0.15) is 75.2 Å². The van der Waals surface area contributed by atoms with E-state index in [1.165, 1.54) is 13.8 Å². The normalized spacial score (nSPS) is 32.3. The average molecular weight is 453 g/mol. The summed E-state index contributed by atoms with van der Waals surface area (Å²) in [4.78, 5) is 51.9. The molecular weight excluding hydrogens is 420 g/mol. The molecule has 176 valence electrons. The first-order chi connectivity index (χ1) is 15.6. The van der Waals surface area contributed by atoms with Crippen molar-refractivity contribution in [2.24, 2.45) is 17.3 Å². The third kappa shape index (κ3) is 3.75. The van der Waals surface area contributed by atoms with Gasteiger partial charge >= 0.3 is 5.97 Å². The highest BCUT2D eigenvalue weighted by Gasteiger charge is 2.61. The van der Waals surface area contributed by atoms with Crippen molar-refractivity contribution < 1.29 is 23.9 Å². The number of ether oxygens (including phenoxy) is 1. The number of carbonyl (C=O) groups excluding carboxylic acids is 4. The number of nitrogens with one attached hydrogen (secondary N) is 1. The van der Waals surface area contributed by atoms with Crippen LogP contribution < -0.4 is 10.2 Å². The van der Waals surface area contributed by atoms with Crippen molar-refractivity contribution in [2.75, 3.05) is 11.4 Å². The Kier molecular flexibility index (Phi) is 5.14. The van der Waals surface area contributed by atoms with Gasteiger partial charge in [0.15, 0.2) is 6.10 Å². The first-order valence-electron chi connectivity index (χ1n) is 12.0. The van der Waals surface area contributed by atoms with Crippen LogP contribution in [-0.2, 0) is 25.5 Å². The fourth-order valence-corrected chi connectivity index (χ4v) is 7.48. The molecule has 2 amide bonds. The summed E-state index contributed by atoms with van der Waals surface area (Å²) in [7, 11) is 0. The van der Waals surface area contributed by atoms with E-state index < -0.39 is 11.5 Å². The van der Waals surface area contributed by atoms with Crippen LogP contribution in [0.3, 0.4) is 0 Å². The van der Waals surface area contributed by atoms with E-state index in [1.54, 1.807) is 17.9 Å². The molecule has 5 aliphatic rings. The van der Waals surface area contributed by atoms with Crippen molar-refractivity contribution >= 4 is 29.3 Å². The maximum Gasteiger partial charge on any atom is 0.312 e. The summed E-state index contributed by atoms with van der Waals surface area (Å²) >= 11 is 0.